The number of pyridine rings is 1. The summed E-state index contributed by atoms with van der Waals surface area (Å²) in [4.78, 5) is 31.6. The summed E-state index contributed by atoms with van der Waals surface area (Å²) in [6.45, 7) is 3.45. The zero-order valence-corrected chi connectivity index (χ0v) is 17.5. The first kappa shape index (κ1) is 20.0. The van der Waals surface area contributed by atoms with Crippen molar-refractivity contribution in [3.8, 4) is 0 Å². The second kappa shape index (κ2) is 8.69. The maximum absolute atomic E-state index is 12.8. The predicted octanol–water partition coefficient (Wildman–Crippen LogP) is 3.67. The highest BCUT2D eigenvalue weighted by atomic mass is 16.5. The fourth-order valence-electron chi connectivity index (χ4n) is 4.46. The second-order valence-electron chi connectivity index (χ2n) is 8.58. The Bertz CT molecular complexity index is 1100. The van der Waals surface area contributed by atoms with Gasteiger partial charge in [-0.2, -0.15) is 0 Å². The van der Waals surface area contributed by atoms with Crippen molar-refractivity contribution >= 4 is 22.3 Å². The molecule has 31 heavy (non-hydrogen) atoms. The molecule has 1 saturated heterocycles. The molecule has 5 nitrogen and oxygen atoms in total. The highest BCUT2D eigenvalue weighted by molar-refractivity contribution is 5.97. The fourth-order valence-corrected chi connectivity index (χ4v) is 4.46. The summed E-state index contributed by atoms with van der Waals surface area (Å²) in [7, 11) is 0. The van der Waals surface area contributed by atoms with E-state index in [1.807, 2.05) is 48.7 Å². The molecule has 2 atom stereocenters. The average Bonchev–Trinajstić information content (AvgIpc) is 3.61. The molecule has 2 aromatic carbocycles. The van der Waals surface area contributed by atoms with Gasteiger partial charge in [-0.3, -0.25) is 19.5 Å². The summed E-state index contributed by atoms with van der Waals surface area (Å²) < 4.78 is 5.34. The SMILES string of the molecule is O=C(CN1CCOCC1)c1ccc([C@@H]2C[C@H]2C(=O)Cc2ccc3cnccc3c2)cc1. The van der Waals surface area contributed by atoms with Crippen molar-refractivity contribution in [2.24, 2.45) is 5.92 Å². The van der Waals surface area contributed by atoms with Crippen molar-refractivity contribution in [1.29, 1.82) is 0 Å². The topological polar surface area (TPSA) is 59.5 Å². The lowest BCUT2D eigenvalue weighted by molar-refractivity contribution is -0.119. The standard InChI is InChI=1S/C26H26N2O3/c29-25(14-18-1-2-22-16-27-8-7-21(22)13-18)24-15-23(24)19-3-5-20(6-4-19)26(30)17-28-9-11-31-12-10-28/h1-8,13,16,23-24H,9-12,14-15,17H2/t23-,24+/m0/s1. The molecular formula is C26H26N2O3. The third-order valence-corrected chi connectivity index (χ3v) is 6.42. The Morgan fingerprint density at radius 3 is 2.61 bits per heavy atom. The van der Waals surface area contributed by atoms with E-state index < -0.39 is 0 Å². The summed E-state index contributed by atoms with van der Waals surface area (Å²) in [6.07, 6.45) is 4.99. The molecule has 0 amide bonds. The Kier molecular flexibility index (Phi) is 5.62. The minimum Gasteiger partial charge on any atom is -0.379 e. The molecule has 158 valence electrons. The molecule has 0 N–H and O–H groups in total. The van der Waals surface area contributed by atoms with E-state index in [0.29, 0.717) is 32.0 Å². The minimum absolute atomic E-state index is 0.0861. The number of carbonyl (C=O) groups is 2. The van der Waals surface area contributed by atoms with Gasteiger partial charge in [0.25, 0.3) is 0 Å². The van der Waals surface area contributed by atoms with Crippen LogP contribution >= 0.6 is 0 Å². The molecule has 1 saturated carbocycles. The fraction of sp³-hybridized carbons (Fsp3) is 0.346. The molecule has 0 radical (unpaired) electrons. The van der Waals surface area contributed by atoms with E-state index in [-0.39, 0.29) is 17.6 Å². The number of ether oxygens (including phenoxy) is 1. The van der Waals surface area contributed by atoms with Gasteiger partial charge in [0.15, 0.2) is 5.78 Å². The monoisotopic (exact) mass is 414 g/mol. The number of hydrogen-bond donors (Lipinski definition) is 0. The molecule has 0 unspecified atom stereocenters. The van der Waals surface area contributed by atoms with Crippen LogP contribution in [0.25, 0.3) is 10.8 Å². The molecule has 5 rings (SSSR count). The molecule has 2 fully saturated rings. The lowest BCUT2D eigenvalue weighted by atomic mass is 10.00. The van der Waals surface area contributed by atoms with Crippen molar-refractivity contribution in [2.45, 2.75) is 18.8 Å². The van der Waals surface area contributed by atoms with Crippen LogP contribution < -0.4 is 0 Å². The van der Waals surface area contributed by atoms with Crippen molar-refractivity contribution in [1.82, 2.24) is 9.88 Å². The third kappa shape index (κ3) is 4.58. The molecular weight excluding hydrogens is 388 g/mol. The molecule has 2 heterocycles. The Morgan fingerprint density at radius 2 is 1.81 bits per heavy atom. The van der Waals surface area contributed by atoms with Crippen molar-refractivity contribution in [3.05, 3.63) is 77.6 Å². The molecule has 1 aromatic heterocycles. The summed E-state index contributed by atoms with van der Waals surface area (Å²) in [5.74, 6) is 0.804. The first-order valence-corrected chi connectivity index (χ1v) is 11.0. The first-order chi connectivity index (χ1) is 15.2. The molecule has 5 heteroatoms. The average molecular weight is 415 g/mol. The third-order valence-electron chi connectivity index (χ3n) is 6.42. The zero-order chi connectivity index (χ0) is 21.2. The summed E-state index contributed by atoms with van der Waals surface area (Å²) in [5.41, 5.74) is 2.95. The molecule has 1 aliphatic heterocycles. The Labute approximate surface area is 182 Å². The number of benzene rings is 2. The van der Waals surface area contributed by atoms with Crippen molar-refractivity contribution in [3.63, 3.8) is 0 Å². The number of aromatic nitrogens is 1. The van der Waals surface area contributed by atoms with E-state index in [2.05, 4.69) is 16.0 Å². The number of fused-ring (bicyclic) bond motifs is 1. The maximum atomic E-state index is 12.8. The van der Waals surface area contributed by atoms with Crippen LogP contribution in [0, 0.1) is 5.92 Å². The van der Waals surface area contributed by atoms with Crippen LogP contribution in [0.5, 0.6) is 0 Å². The maximum Gasteiger partial charge on any atom is 0.176 e. The molecule has 0 bridgehead atoms. The minimum atomic E-state index is 0.0861. The van der Waals surface area contributed by atoms with Crippen LogP contribution in [0.4, 0.5) is 0 Å². The molecule has 3 aromatic rings. The van der Waals surface area contributed by atoms with E-state index in [4.69, 9.17) is 4.74 Å². The van der Waals surface area contributed by atoms with Gasteiger partial charge in [0.2, 0.25) is 0 Å². The smallest absolute Gasteiger partial charge is 0.176 e. The van der Waals surface area contributed by atoms with E-state index in [9.17, 15) is 9.59 Å². The van der Waals surface area contributed by atoms with E-state index in [1.54, 1.807) is 6.20 Å². The second-order valence-corrected chi connectivity index (χ2v) is 8.58. The van der Waals surface area contributed by atoms with Gasteiger partial charge in [-0.15, -0.1) is 0 Å². The lowest BCUT2D eigenvalue weighted by Crippen LogP contribution is -2.39. The normalized spacial score (nSPS) is 21.2. The highest BCUT2D eigenvalue weighted by Gasteiger charge is 2.43. The Balaban J connectivity index is 1.18. The van der Waals surface area contributed by atoms with Gasteiger partial charge < -0.3 is 4.74 Å². The number of carbonyl (C=O) groups excluding carboxylic acids is 2. The van der Waals surface area contributed by atoms with Gasteiger partial charge in [-0.1, -0.05) is 42.5 Å². The van der Waals surface area contributed by atoms with Gasteiger partial charge in [0.1, 0.15) is 5.78 Å². The Morgan fingerprint density at radius 1 is 1.00 bits per heavy atom. The highest BCUT2D eigenvalue weighted by Crippen LogP contribution is 2.48. The molecule has 2 aliphatic rings. The van der Waals surface area contributed by atoms with Crippen LogP contribution in [0.1, 0.15) is 33.8 Å². The van der Waals surface area contributed by atoms with E-state index in [0.717, 1.165) is 47.0 Å². The quantitative estimate of drug-likeness (QED) is 0.552. The molecule has 0 spiro atoms. The van der Waals surface area contributed by atoms with Crippen molar-refractivity contribution < 1.29 is 14.3 Å². The van der Waals surface area contributed by atoms with E-state index in [1.165, 1.54) is 0 Å². The number of Topliss-reactive ketones (excluding diaryl/α,β-unsaturated/α-hetero) is 2. The van der Waals surface area contributed by atoms with E-state index >= 15 is 0 Å². The zero-order valence-electron chi connectivity index (χ0n) is 17.5. The number of ketones is 2. The van der Waals surface area contributed by atoms with Gasteiger partial charge in [-0.05, 0) is 34.9 Å². The van der Waals surface area contributed by atoms with Crippen LogP contribution in [0.2, 0.25) is 0 Å². The molecule has 1 aliphatic carbocycles. The summed E-state index contributed by atoms with van der Waals surface area (Å²) in [5, 5.41) is 2.20. The number of hydrogen-bond acceptors (Lipinski definition) is 5. The van der Waals surface area contributed by atoms with Gasteiger partial charge >= 0.3 is 0 Å². The number of morpholine rings is 1. The van der Waals surface area contributed by atoms with Gasteiger partial charge in [0.05, 0.1) is 19.8 Å². The Hall–Kier alpha value is -2.89. The van der Waals surface area contributed by atoms with Crippen LogP contribution in [-0.2, 0) is 16.0 Å². The summed E-state index contributed by atoms with van der Waals surface area (Å²) in [6, 6.07) is 16.0. The van der Waals surface area contributed by atoms with Crippen LogP contribution in [-0.4, -0.2) is 54.3 Å². The van der Waals surface area contributed by atoms with Crippen LogP contribution in [0.3, 0.4) is 0 Å². The van der Waals surface area contributed by atoms with Crippen LogP contribution in [0.15, 0.2) is 60.9 Å². The lowest BCUT2D eigenvalue weighted by Gasteiger charge is -2.25. The summed E-state index contributed by atoms with van der Waals surface area (Å²) >= 11 is 0. The van der Waals surface area contributed by atoms with Gasteiger partial charge in [-0.25, -0.2) is 0 Å². The number of rotatable bonds is 7. The van der Waals surface area contributed by atoms with Crippen molar-refractivity contribution in [2.75, 3.05) is 32.8 Å². The largest absolute Gasteiger partial charge is 0.379 e. The van der Waals surface area contributed by atoms with Gasteiger partial charge in [0, 0.05) is 48.8 Å². The number of nitrogens with zero attached hydrogens (tertiary/aromatic N) is 2. The predicted molar refractivity (Wildman–Crippen MR) is 119 cm³/mol. The first-order valence-electron chi connectivity index (χ1n) is 11.0.